The summed E-state index contributed by atoms with van der Waals surface area (Å²) in [5.41, 5.74) is 3.16. The van der Waals surface area contributed by atoms with E-state index in [-0.39, 0.29) is 17.4 Å². The first-order chi connectivity index (χ1) is 17.3. The Bertz CT molecular complexity index is 1080. The summed E-state index contributed by atoms with van der Waals surface area (Å²) < 4.78 is 11.1. The van der Waals surface area contributed by atoms with E-state index < -0.39 is 12.0 Å². The Kier molecular flexibility index (Phi) is 7.59. The highest BCUT2D eigenvalue weighted by Gasteiger charge is 2.52. The van der Waals surface area contributed by atoms with Gasteiger partial charge >= 0.3 is 12.1 Å². The zero-order valence-electron chi connectivity index (χ0n) is 22.2. The van der Waals surface area contributed by atoms with Gasteiger partial charge in [-0.1, -0.05) is 37.8 Å². The van der Waals surface area contributed by atoms with Gasteiger partial charge in [-0.2, -0.15) is 0 Å². The molecule has 0 N–H and O–H groups in total. The van der Waals surface area contributed by atoms with E-state index in [1.807, 2.05) is 37.3 Å². The number of rotatable bonds is 6. The van der Waals surface area contributed by atoms with Crippen molar-refractivity contribution in [3.63, 3.8) is 0 Å². The van der Waals surface area contributed by atoms with Crippen molar-refractivity contribution in [2.24, 2.45) is 5.92 Å². The van der Waals surface area contributed by atoms with Crippen LogP contribution in [0.5, 0.6) is 5.75 Å². The summed E-state index contributed by atoms with van der Waals surface area (Å²) in [5.74, 6) is -0.437. The van der Waals surface area contributed by atoms with Crippen molar-refractivity contribution in [2.75, 3.05) is 39.2 Å². The van der Waals surface area contributed by atoms with Gasteiger partial charge in [-0.05, 0) is 69.0 Å². The minimum Gasteiger partial charge on any atom is -0.468 e. The van der Waals surface area contributed by atoms with E-state index in [2.05, 4.69) is 43.5 Å². The fourth-order valence-corrected chi connectivity index (χ4v) is 6.54. The molecule has 0 aromatic heterocycles. The number of piperidine rings is 1. The zero-order chi connectivity index (χ0) is 26.0. The topological polar surface area (TPSA) is 62.3 Å². The maximum Gasteiger partial charge on any atom is 0.415 e. The lowest BCUT2D eigenvalue weighted by Crippen LogP contribution is -2.51. The van der Waals surface area contributed by atoms with Crippen molar-refractivity contribution < 1.29 is 19.1 Å². The molecular weight excluding hydrogens is 454 g/mol. The molecule has 1 aromatic carbocycles. The van der Waals surface area contributed by atoms with E-state index in [0.29, 0.717) is 24.9 Å². The van der Waals surface area contributed by atoms with E-state index in [1.165, 1.54) is 18.4 Å². The smallest absolute Gasteiger partial charge is 0.415 e. The lowest BCUT2D eigenvalue weighted by Gasteiger charge is -2.39. The van der Waals surface area contributed by atoms with Crippen LogP contribution in [-0.2, 0) is 14.9 Å². The summed E-state index contributed by atoms with van der Waals surface area (Å²) >= 11 is 0. The first kappa shape index (κ1) is 26.0. The van der Waals surface area contributed by atoms with Crippen molar-refractivity contribution in [1.82, 2.24) is 9.80 Å². The van der Waals surface area contributed by atoms with Gasteiger partial charge in [-0.3, -0.25) is 9.69 Å². The molecule has 2 saturated heterocycles. The fraction of sp³-hybridized carbons (Fsp3) is 0.517. The lowest BCUT2D eigenvalue weighted by atomic mass is 9.81. The summed E-state index contributed by atoms with van der Waals surface area (Å²) in [6, 6.07) is 5.60. The average Bonchev–Trinajstić information content (AvgIpc) is 3.30. The SMILES string of the molecule is C=C/C=C(\C=C/C)C(C(=O)OC)C1CCCCN1C(=O)Oc1ccc2c(c1)[C@]1(C)CCN(C)C1N2C. The number of fused-ring (bicyclic) bond motifs is 3. The van der Waals surface area contributed by atoms with Crippen molar-refractivity contribution in [3.05, 3.63) is 60.2 Å². The van der Waals surface area contributed by atoms with Crippen molar-refractivity contribution >= 4 is 17.7 Å². The maximum atomic E-state index is 13.5. The number of ether oxygens (including phenoxy) is 2. The van der Waals surface area contributed by atoms with Gasteiger partial charge in [0.05, 0.1) is 19.3 Å². The number of amides is 1. The molecule has 3 aliphatic heterocycles. The monoisotopic (exact) mass is 493 g/mol. The molecule has 4 atom stereocenters. The van der Waals surface area contributed by atoms with Crippen molar-refractivity contribution in [2.45, 2.75) is 57.2 Å². The number of benzene rings is 1. The number of carbonyl (C=O) groups excluding carboxylic acids is 2. The number of likely N-dealkylation sites (N-methyl/N-ethyl adjacent to an activating group) is 2. The molecule has 7 heteroatoms. The molecule has 0 spiro atoms. The number of hydrogen-bond acceptors (Lipinski definition) is 6. The number of likely N-dealkylation sites (tertiary alicyclic amines) is 2. The Hall–Kier alpha value is -3.06. The van der Waals surface area contributed by atoms with Crippen LogP contribution in [0.3, 0.4) is 0 Å². The summed E-state index contributed by atoms with van der Waals surface area (Å²) in [4.78, 5) is 32.9. The predicted molar refractivity (Wildman–Crippen MR) is 142 cm³/mol. The number of hydrogen-bond donors (Lipinski definition) is 0. The minimum absolute atomic E-state index is 0.0121. The van der Waals surface area contributed by atoms with Gasteiger partial charge in [0.25, 0.3) is 0 Å². The van der Waals surface area contributed by atoms with Gasteiger partial charge in [-0.15, -0.1) is 0 Å². The number of carbonyl (C=O) groups is 2. The van der Waals surface area contributed by atoms with Crippen LogP contribution < -0.4 is 9.64 Å². The second-order valence-electron chi connectivity index (χ2n) is 10.3. The third-order valence-electron chi connectivity index (χ3n) is 8.16. The highest BCUT2D eigenvalue weighted by atomic mass is 16.6. The molecule has 7 nitrogen and oxygen atoms in total. The normalized spacial score (nSPS) is 27.1. The lowest BCUT2D eigenvalue weighted by molar-refractivity contribution is -0.146. The van der Waals surface area contributed by atoms with Crippen LogP contribution in [0.1, 0.15) is 45.1 Å². The Labute approximate surface area is 215 Å². The highest BCUT2D eigenvalue weighted by Crippen LogP contribution is 2.51. The number of anilines is 1. The molecule has 4 rings (SSSR count). The number of esters is 1. The predicted octanol–water partition coefficient (Wildman–Crippen LogP) is 4.89. The van der Waals surface area contributed by atoms with Crippen molar-refractivity contribution in [3.8, 4) is 5.75 Å². The zero-order valence-corrected chi connectivity index (χ0v) is 22.2. The van der Waals surface area contributed by atoms with E-state index in [1.54, 1.807) is 11.0 Å². The van der Waals surface area contributed by atoms with Crippen LogP contribution >= 0.6 is 0 Å². The van der Waals surface area contributed by atoms with Gasteiger partial charge in [0.15, 0.2) is 0 Å². The van der Waals surface area contributed by atoms with Crippen LogP contribution in [0.15, 0.2) is 54.7 Å². The van der Waals surface area contributed by atoms with E-state index in [4.69, 9.17) is 9.47 Å². The first-order valence-corrected chi connectivity index (χ1v) is 12.9. The maximum absolute atomic E-state index is 13.5. The van der Waals surface area contributed by atoms with Gasteiger partial charge in [-0.25, -0.2) is 4.79 Å². The summed E-state index contributed by atoms with van der Waals surface area (Å²) in [7, 11) is 5.68. The Morgan fingerprint density at radius 2 is 2.00 bits per heavy atom. The molecule has 2 fully saturated rings. The fourth-order valence-electron chi connectivity index (χ4n) is 6.54. The summed E-state index contributed by atoms with van der Waals surface area (Å²) in [5, 5.41) is 0. The molecule has 3 unspecified atom stereocenters. The summed E-state index contributed by atoms with van der Waals surface area (Å²) in [6.07, 6.45) is 10.7. The second-order valence-corrected chi connectivity index (χ2v) is 10.3. The Balaban J connectivity index is 1.61. The Morgan fingerprint density at radius 3 is 2.69 bits per heavy atom. The molecule has 1 aromatic rings. The van der Waals surface area contributed by atoms with Crippen LogP contribution in [-0.4, -0.2) is 68.4 Å². The van der Waals surface area contributed by atoms with E-state index in [9.17, 15) is 9.59 Å². The highest BCUT2D eigenvalue weighted by molar-refractivity contribution is 5.80. The van der Waals surface area contributed by atoms with E-state index in [0.717, 1.165) is 31.4 Å². The van der Waals surface area contributed by atoms with Gasteiger partial charge in [0, 0.05) is 31.2 Å². The summed E-state index contributed by atoms with van der Waals surface area (Å²) in [6.45, 7) is 9.56. The standard InChI is InChI=1S/C29H39N3O4/c1-7-11-20(12-8-2)25(26(33)35-6)24-13-9-10-17-32(24)28(34)36-21-14-15-23-22(19-21)29(3)16-18-30(4)27(29)31(23)5/h7-8,11-12,14-15,19,24-25,27H,1,9-10,13,16-18H2,2-6H3/b12-8-,20-11+/t24?,25?,27?,29-/m0/s1. The quantitative estimate of drug-likeness (QED) is 0.416. The first-order valence-electron chi connectivity index (χ1n) is 12.9. The van der Waals surface area contributed by atoms with Gasteiger partial charge in [0.2, 0.25) is 0 Å². The van der Waals surface area contributed by atoms with Crippen LogP contribution in [0, 0.1) is 5.92 Å². The molecule has 3 aliphatic rings. The molecule has 194 valence electrons. The number of allylic oxidation sites excluding steroid dienone is 4. The van der Waals surface area contributed by atoms with E-state index >= 15 is 0 Å². The largest absolute Gasteiger partial charge is 0.468 e. The Morgan fingerprint density at radius 1 is 1.22 bits per heavy atom. The molecule has 0 radical (unpaired) electrons. The molecule has 0 aliphatic carbocycles. The van der Waals surface area contributed by atoms with Crippen LogP contribution in [0.25, 0.3) is 0 Å². The van der Waals surface area contributed by atoms with Crippen molar-refractivity contribution in [1.29, 1.82) is 0 Å². The minimum atomic E-state index is -0.612. The molecule has 36 heavy (non-hydrogen) atoms. The average molecular weight is 494 g/mol. The molecule has 0 bridgehead atoms. The molecule has 1 amide bonds. The third-order valence-corrected chi connectivity index (χ3v) is 8.16. The molecular formula is C29H39N3O4. The number of nitrogens with zero attached hydrogens (tertiary/aromatic N) is 3. The molecule has 3 heterocycles. The van der Waals surface area contributed by atoms with Crippen LogP contribution in [0.4, 0.5) is 10.5 Å². The molecule has 0 saturated carbocycles. The third kappa shape index (κ3) is 4.45. The van der Waals surface area contributed by atoms with Gasteiger partial charge in [0.1, 0.15) is 11.7 Å². The van der Waals surface area contributed by atoms with Gasteiger partial charge < -0.3 is 19.3 Å². The number of methoxy groups -OCH3 is 1. The van der Waals surface area contributed by atoms with Crippen LogP contribution in [0.2, 0.25) is 0 Å². The second kappa shape index (κ2) is 10.5.